The summed E-state index contributed by atoms with van der Waals surface area (Å²) in [6, 6.07) is 9.28. The van der Waals surface area contributed by atoms with E-state index in [0.717, 1.165) is 0 Å². The highest BCUT2D eigenvalue weighted by Crippen LogP contribution is 2.04. The van der Waals surface area contributed by atoms with Gasteiger partial charge in [0.25, 0.3) is 0 Å². The van der Waals surface area contributed by atoms with Crippen molar-refractivity contribution in [3.8, 4) is 0 Å². The molecule has 1 amide bonds. The highest BCUT2D eigenvalue weighted by Gasteiger charge is 2.09. The lowest BCUT2D eigenvalue weighted by Gasteiger charge is -2.11. The molecule has 0 radical (unpaired) electrons. The average Bonchev–Trinajstić information content (AvgIpc) is 2.42. The minimum atomic E-state index is -0.0821. The number of rotatable bonds is 7. The molecule has 1 atom stereocenters. The number of hydrogen-bond donors (Lipinski definition) is 2. The van der Waals surface area contributed by atoms with Crippen LogP contribution in [0, 0.1) is 0 Å². The van der Waals surface area contributed by atoms with Crippen LogP contribution in [-0.4, -0.2) is 31.3 Å². The predicted molar refractivity (Wildman–Crippen MR) is 78.8 cm³/mol. The Morgan fingerprint density at radius 2 is 1.79 bits per heavy atom. The molecule has 1 rings (SSSR count). The molecular formula is C14H21ClN2O2. The fraction of sp³-hybridized carbons (Fsp3) is 0.429. The summed E-state index contributed by atoms with van der Waals surface area (Å²) in [6.07, 6.45) is 0.494. The van der Waals surface area contributed by atoms with Crippen LogP contribution in [0.5, 0.6) is 0 Å². The third-order valence-corrected chi connectivity index (χ3v) is 2.77. The number of benzene rings is 1. The van der Waals surface area contributed by atoms with Crippen molar-refractivity contribution in [1.82, 2.24) is 10.6 Å². The summed E-state index contributed by atoms with van der Waals surface area (Å²) in [7, 11) is 1.84. The number of ketones is 1. The van der Waals surface area contributed by atoms with E-state index in [2.05, 4.69) is 10.6 Å². The van der Waals surface area contributed by atoms with Crippen LogP contribution in [0.4, 0.5) is 0 Å². The second-order valence-corrected chi connectivity index (χ2v) is 4.28. The lowest BCUT2D eigenvalue weighted by molar-refractivity contribution is -0.121. The van der Waals surface area contributed by atoms with E-state index < -0.39 is 0 Å². The number of halogens is 1. The first-order valence-corrected chi connectivity index (χ1v) is 6.15. The van der Waals surface area contributed by atoms with Crippen LogP contribution in [0.15, 0.2) is 30.3 Å². The average molecular weight is 285 g/mol. The van der Waals surface area contributed by atoms with Gasteiger partial charge in [0.2, 0.25) is 5.91 Å². The first-order valence-electron chi connectivity index (χ1n) is 6.15. The van der Waals surface area contributed by atoms with Gasteiger partial charge in [-0.3, -0.25) is 9.59 Å². The summed E-state index contributed by atoms with van der Waals surface area (Å²) in [5.41, 5.74) is 0.661. The van der Waals surface area contributed by atoms with Gasteiger partial charge in [0.15, 0.2) is 5.78 Å². The van der Waals surface area contributed by atoms with E-state index in [1.165, 1.54) is 0 Å². The van der Waals surface area contributed by atoms with Gasteiger partial charge in [-0.1, -0.05) is 30.3 Å². The minimum Gasteiger partial charge on any atom is -0.355 e. The van der Waals surface area contributed by atoms with Crippen LogP contribution in [-0.2, 0) is 4.79 Å². The van der Waals surface area contributed by atoms with Gasteiger partial charge in [0.05, 0.1) is 0 Å². The maximum atomic E-state index is 11.8. The SMILES string of the molecule is CNC(C)CNC(=O)CCC(=O)c1ccccc1.Cl. The molecule has 2 N–H and O–H groups in total. The Morgan fingerprint density at radius 1 is 1.16 bits per heavy atom. The largest absolute Gasteiger partial charge is 0.355 e. The molecule has 0 heterocycles. The van der Waals surface area contributed by atoms with Crippen LogP contribution in [0.25, 0.3) is 0 Å². The van der Waals surface area contributed by atoms with Crippen molar-refractivity contribution in [2.45, 2.75) is 25.8 Å². The van der Waals surface area contributed by atoms with Crippen LogP contribution in [0.3, 0.4) is 0 Å². The molecule has 1 aromatic carbocycles. The van der Waals surface area contributed by atoms with Gasteiger partial charge in [-0.25, -0.2) is 0 Å². The van der Waals surface area contributed by atoms with Crippen molar-refractivity contribution in [3.63, 3.8) is 0 Å². The normalized spacial score (nSPS) is 11.3. The molecule has 0 bridgehead atoms. The van der Waals surface area contributed by atoms with Gasteiger partial charge < -0.3 is 10.6 Å². The van der Waals surface area contributed by atoms with Gasteiger partial charge in [-0.2, -0.15) is 0 Å². The summed E-state index contributed by atoms with van der Waals surface area (Å²) in [5.74, 6) is -0.0752. The summed E-state index contributed by atoms with van der Waals surface area (Å²) >= 11 is 0. The second kappa shape index (κ2) is 9.53. The van der Waals surface area contributed by atoms with Gasteiger partial charge in [0, 0.05) is 31.0 Å². The number of nitrogens with one attached hydrogen (secondary N) is 2. The molecule has 1 aromatic rings. The molecule has 1 unspecified atom stereocenters. The quantitative estimate of drug-likeness (QED) is 0.751. The molecule has 4 nitrogen and oxygen atoms in total. The van der Waals surface area contributed by atoms with E-state index in [1.807, 2.05) is 32.2 Å². The van der Waals surface area contributed by atoms with Crippen molar-refractivity contribution in [1.29, 1.82) is 0 Å². The van der Waals surface area contributed by atoms with E-state index in [9.17, 15) is 9.59 Å². The smallest absolute Gasteiger partial charge is 0.220 e. The molecule has 0 aromatic heterocycles. The number of hydrogen-bond acceptors (Lipinski definition) is 3. The Labute approximate surface area is 120 Å². The molecular weight excluding hydrogens is 264 g/mol. The first kappa shape index (κ1) is 17.6. The number of amides is 1. The molecule has 0 spiro atoms. The van der Waals surface area contributed by atoms with Crippen LogP contribution < -0.4 is 10.6 Å². The van der Waals surface area contributed by atoms with E-state index in [4.69, 9.17) is 0 Å². The maximum absolute atomic E-state index is 11.8. The molecule has 0 fully saturated rings. The fourth-order valence-electron chi connectivity index (χ4n) is 1.45. The minimum absolute atomic E-state index is 0. The summed E-state index contributed by atoms with van der Waals surface area (Å²) in [6.45, 7) is 2.56. The fourth-order valence-corrected chi connectivity index (χ4v) is 1.45. The monoisotopic (exact) mass is 284 g/mol. The lowest BCUT2D eigenvalue weighted by atomic mass is 10.1. The third kappa shape index (κ3) is 6.94. The van der Waals surface area contributed by atoms with Crippen molar-refractivity contribution in [2.24, 2.45) is 0 Å². The highest BCUT2D eigenvalue weighted by atomic mass is 35.5. The third-order valence-electron chi connectivity index (χ3n) is 2.77. The summed E-state index contributed by atoms with van der Waals surface area (Å²) in [4.78, 5) is 23.3. The first-order chi connectivity index (χ1) is 8.63. The van der Waals surface area contributed by atoms with Crippen LogP contribution in [0.2, 0.25) is 0 Å². The van der Waals surface area contributed by atoms with E-state index in [1.54, 1.807) is 12.1 Å². The zero-order valence-corrected chi connectivity index (χ0v) is 12.1. The molecule has 0 saturated heterocycles. The molecule has 19 heavy (non-hydrogen) atoms. The standard InChI is InChI=1S/C14H20N2O2.ClH/c1-11(15-2)10-16-14(18)9-8-13(17)12-6-4-3-5-7-12;/h3-7,11,15H,8-10H2,1-2H3,(H,16,18);1H. The Kier molecular flexibility index (Phi) is 8.83. The van der Waals surface area contributed by atoms with Crippen molar-refractivity contribution in [3.05, 3.63) is 35.9 Å². The maximum Gasteiger partial charge on any atom is 0.220 e. The van der Waals surface area contributed by atoms with Crippen LogP contribution >= 0.6 is 12.4 Å². The van der Waals surface area contributed by atoms with Crippen molar-refractivity contribution < 1.29 is 9.59 Å². The molecule has 5 heteroatoms. The Bertz CT molecular complexity index is 396. The Morgan fingerprint density at radius 3 is 2.37 bits per heavy atom. The van der Waals surface area contributed by atoms with Gasteiger partial charge >= 0.3 is 0 Å². The van der Waals surface area contributed by atoms with Crippen LogP contribution in [0.1, 0.15) is 30.1 Å². The zero-order chi connectivity index (χ0) is 13.4. The Hall–Kier alpha value is -1.39. The summed E-state index contributed by atoms with van der Waals surface area (Å²) in [5, 5.41) is 5.82. The number of likely N-dealkylation sites (N-methyl/N-ethyl adjacent to an activating group) is 1. The molecule has 0 aliphatic heterocycles. The predicted octanol–water partition coefficient (Wildman–Crippen LogP) is 1.80. The molecule has 0 aliphatic rings. The zero-order valence-electron chi connectivity index (χ0n) is 11.3. The van der Waals surface area contributed by atoms with E-state index in [-0.39, 0.29) is 43.0 Å². The summed E-state index contributed by atoms with van der Waals surface area (Å²) < 4.78 is 0. The molecule has 106 valence electrons. The topological polar surface area (TPSA) is 58.2 Å². The molecule has 0 saturated carbocycles. The van der Waals surface area contributed by atoms with Gasteiger partial charge in [0.1, 0.15) is 0 Å². The van der Waals surface area contributed by atoms with Gasteiger partial charge in [-0.15, -0.1) is 12.4 Å². The van der Waals surface area contributed by atoms with E-state index in [0.29, 0.717) is 12.1 Å². The number of carbonyl (C=O) groups is 2. The number of Topliss-reactive ketones (excluding diaryl/α,β-unsaturated/α-hetero) is 1. The Balaban J connectivity index is 0.00000324. The van der Waals surface area contributed by atoms with Crippen molar-refractivity contribution >= 4 is 24.1 Å². The van der Waals surface area contributed by atoms with Gasteiger partial charge in [-0.05, 0) is 14.0 Å². The lowest BCUT2D eigenvalue weighted by Crippen LogP contribution is -2.37. The molecule has 0 aliphatic carbocycles. The van der Waals surface area contributed by atoms with E-state index >= 15 is 0 Å². The van der Waals surface area contributed by atoms with Crippen molar-refractivity contribution in [2.75, 3.05) is 13.6 Å². The number of carbonyl (C=O) groups excluding carboxylic acids is 2. The second-order valence-electron chi connectivity index (χ2n) is 4.28. The highest BCUT2D eigenvalue weighted by molar-refractivity contribution is 5.97.